The van der Waals surface area contributed by atoms with E-state index in [2.05, 4.69) is 12.2 Å². The van der Waals surface area contributed by atoms with Gasteiger partial charge in [0.2, 0.25) is 0 Å². The second kappa shape index (κ2) is 5.04. The van der Waals surface area contributed by atoms with E-state index in [0.29, 0.717) is 5.92 Å². The van der Waals surface area contributed by atoms with Crippen LogP contribution in [0.3, 0.4) is 0 Å². The van der Waals surface area contributed by atoms with Gasteiger partial charge in [0, 0.05) is 5.75 Å². The van der Waals surface area contributed by atoms with Crippen LogP contribution in [0.4, 0.5) is 0 Å². The molecule has 0 bridgehead atoms. The first-order valence-corrected chi connectivity index (χ1v) is 5.07. The van der Waals surface area contributed by atoms with Crippen molar-refractivity contribution < 1.29 is 9.90 Å². The third kappa shape index (κ3) is 3.62. The van der Waals surface area contributed by atoms with Crippen LogP contribution in [0.5, 0.6) is 0 Å². The van der Waals surface area contributed by atoms with Crippen LogP contribution in [0.2, 0.25) is 0 Å². The summed E-state index contributed by atoms with van der Waals surface area (Å²) in [5, 5.41) is 8.39. The first-order valence-electron chi connectivity index (χ1n) is 3.92. The van der Waals surface area contributed by atoms with Crippen molar-refractivity contribution in [2.45, 2.75) is 6.42 Å². The Bertz CT molecular complexity index is 209. The van der Waals surface area contributed by atoms with Crippen molar-refractivity contribution in [3.63, 3.8) is 0 Å². The highest BCUT2D eigenvalue weighted by Crippen LogP contribution is 2.17. The quantitative estimate of drug-likeness (QED) is 0.725. The van der Waals surface area contributed by atoms with E-state index in [4.69, 9.17) is 5.11 Å². The van der Waals surface area contributed by atoms with Crippen molar-refractivity contribution in [2.75, 3.05) is 11.5 Å². The number of thioether (sulfide) groups is 1. The Kier molecular flexibility index (Phi) is 3.94. The number of carbonyl (C=O) groups is 1. The molecule has 0 aliphatic heterocycles. The lowest BCUT2D eigenvalue weighted by molar-refractivity contribution is -0.133. The third-order valence-corrected chi connectivity index (χ3v) is 2.74. The van der Waals surface area contributed by atoms with Crippen LogP contribution >= 0.6 is 11.8 Å². The molecule has 12 heavy (non-hydrogen) atoms. The van der Waals surface area contributed by atoms with Crippen LogP contribution in [0.25, 0.3) is 0 Å². The molecule has 0 spiro atoms. The van der Waals surface area contributed by atoms with E-state index in [9.17, 15) is 4.79 Å². The van der Waals surface area contributed by atoms with Crippen molar-refractivity contribution in [3.05, 3.63) is 24.3 Å². The zero-order valence-corrected chi connectivity index (χ0v) is 7.59. The van der Waals surface area contributed by atoms with Gasteiger partial charge >= 0.3 is 5.97 Å². The Morgan fingerprint density at radius 3 is 3.00 bits per heavy atom. The predicted molar refractivity (Wildman–Crippen MR) is 51.3 cm³/mol. The Morgan fingerprint density at radius 2 is 2.42 bits per heavy atom. The summed E-state index contributed by atoms with van der Waals surface area (Å²) in [6, 6.07) is 0. The maximum Gasteiger partial charge on any atom is 0.313 e. The van der Waals surface area contributed by atoms with Crippen LogP contribution in [-0.2, 0) is 4.79 Å². The average molecular weight is 184 g/mol. The Balaban J connectivity index is 2.11. The lowest BCUT2D eigenvalue weighted by atomic mass is 10.0. The molecule has 2 nitrogen and oxygen atoms in total. The molecule has 0 radical (unpaired) electrons. The van der Waals surface area contributed by atoms with Gasteiger partial charge in [0.1, 0.15) is 0 Å². The van der Waals surface area contributed by atoms with Crippen molar-refractivity contribution in [1.29, 1.82) is 0 Å². The second-order valence-corrected chi connectivity index (χ2v) is 3.75. The molecule has 1 unspecified atom stereocenters. The van der Waals surface area contributed by atoms with Gasteiger partial charge in [0.25, 0.3) is 0 Å². The molecule has 0 amide bonds. The fraction of sp³-hybridized carbons (Fsp3) is 0.444. The van der Waals surface area contributed by atoms with Crippen LogP contribution < -0.4 is 0 Å². The average Bonchev–Trinajstić information content (AvgIpc) is 2.05. The number of hydrogen-bond donors (Lipinski definition) is 1. The minimum absolute atomic E-state index is 0.216. The number of rotatable bonds is 4. The monoisotopic (exact) mass is 184 g/mol. The zero-order valence-electron chi connectivity index (χ0n) is 6.77. The summed E-state index contributed by atoms with van der Waals surface area (Å²) < 4.78 is 0. The fourth-order valence-electron chi connectivity index (χ4n) is 1.05. The fourth-order valence-corrected chi connectivity index (χ4v) is 1.90. The van der Waals surface area contributed by atoms with E-state index in [-0.39, 0.29) is 5.75 Å². The topological polar surface area (TPSA) is 37.3 Å². The first kappa shape index (κ1) is 9.39. The van der Waals surface area contributed by atoms with Gasteiger partial charge in [0.15, 0.2) is 0 Å². The van der Waals surface area contributed by atoms with Crippen LogP contribution in [0.15, 0.2) is 24.3 Å². The number of aliphatic carboxylic acids is 1. The molecule has 0 aromatic rings. The summed E-state index contributed by atoms with van der Waals surface area (Å²) in [4.78, 5) is 10.2. The zero-order chi connectivity index (χ0) is 8.81. The van der Waals surface area contributed by atoms with Crippen molar-refractivity contribution in [1.82, 2.24) is 0 Å². The minimum Gasteiger partial charge on any atom is -0.481 e. The molecule has 3 heteroatoms. The molecule has 0 aromatic carbocycles. The van der Waals surface area contributed by atoms with E-state index in [1.54, 1.807) is 0 Å². The van der Waals surface area contributed by atoms with Gasteiger partial charge in [-0.25, -0.2) is 0 Å². The van der Waals surface area contributed by atoms with Crippen LogP contribution in [-0.4, -0.2) is 22.6 Å². The van der Waals surface area contributed by atoms with Gasteiger partial charge in [-0.15, -0.1) is 11.8 Å². The molecule has 0 fully saturated rings. The van der Waals surface area contributed by atoms with Gasteiger partial charge < -0.3 is 5.11 Å². The Morgan fingerprint density at radius 1 is 1.58 bits per heavy atom. The van der Waals surface area contributed by atoms with Gasteiger partial charge in [-0.3, -0.25) is 4.79 Å². The molecule has 66 valence electrons. The van der Waals surface area contributed by atoms with Crippen LogP contribution in [0, 0.1) is 5.92 Å². The van der Waals surface area contributed by atoms with Gasteiger partial charge in [-0.2, -0.15) is 0 Å². The molecule has 0 aromatic heterocycles. The summed E-state index contributed by atoms with van der Waals surface area (Å²) in [5.41, 5.74) is 0. The molecule has 0 saturated carbocycles. The highest BCUT2D eigenvalue weighted by Gasteiger charge is 2.06. The summed E-state index contributed by atoms with van der Waals surface area (Å²) in [7, 11) is 0. The summed E-state index contributed by atoms with van der Waals surface area (Å²) in [5.74, 6) is 0.927. The maximum atomic E-state index is 10.2. The predicted octanol–water partition coefficient (Wildman–Crippen LogP) is 1.94. The van der Waals surface area contributed by atoms with E-state index in [1.807, 2.05) is 12.2 Å². The SMILES string of the molecule is O=C(O)CSCC1C=CC=CC1. The van der Waals surface area contributed by atoms with Gasteiger partial charge in [0.05, 0.1) is 5.75 Å². The van der Waals surface area contributed by atoms with E-state index in [1.165, 1.54) is 11.8 Å². The molecule has 0 heterocycles. The Hall–Kier alpha value is -0.700. The number of allylic oxidation sites excluding steroid dienone is 4. The summed E-state index contributed by atoms with van der Waals surface area (Å²) in [6.07, 6.45) is 9.35. The summed E-state index contributed by atoms with van der Waals surface area (Å²) >= 11 is 1.48. The van der Waals surface area contributed by atoms with Crippen molar-refractivity contribution in [2.24, 2.45) is 5.92 Å². The molecule has 1 atom stereocenters. The largest absolute Gasteiger partial charge is 0.481 e. The van der Waals surface area contributed by atoms with Gasteiger partial charge in [-0.1, -0.05) is 24.3 Å². The molecule has 1 rings (SSSR count). The number of hydrogen-bond acceptors (Lipinski definition) is 2. The first-order chi connectivity index (χ1) is 5.79. The molecular weight excluding hydrogens is 172 g/mol. The standard InChI is InChI=1S/C9H12O2S/c10-9(11)7-12-6-8-4-2-1-3-5-8/h1-4,8H,5-7H2,(H,10,11). The normalized spacial score (nSPS) is 21.2. The number of carboxylic acids is 1. The minimum atomic E-state index is -0.727. The summed E-state index contributed by atoms with van der Waals surface area (Å²) in [6.45, 7) is 0. The highest BCUT2D eigenvalue weighted by molar-refractivity contribution is 7.99. The van der Waals surface area contributed by atoms with Crippen molar-refractivity contribution >= 4 is 17.7 Å². The van der Waals surface area contributed by atoms with Crippen LogP contribution in [0.1, 0.15) is 6.42 Å². The molecule has 0 saturated heterocycles. The second-order valence-electron chi connectivity index (χ2n) is 2.72. The van der Waals surface area contributed by atoms with Crippen molar-refractivity contribution in [3.8, 4) is 0 Å². The lowest BCUT2D eigenvalue weighted by Gasteiger charge is -2.10. The van der Waals surface area contributed by atoms with E-state index >= 15 is 0 Å². The Labute approximate surface area is 76.4 Å². The van der Waals surface area contributed by atoms with E-state index in [0.717, 1.165) is 12.2 Å². The molecule has 1 N–H and O–H groups in total. The maximum absolute atomic E-state index is 10.2. The van der Waals surface area contributed by atoms with E-state index < -0.39 is 5.97 Å². The molecule has 1 aliphatic carbocycles. The lowest BCUT2D eigenvalue weighted by Crippen LogP contribution is -2.05. The van der Waals surface area contributed by atoms with Gasteiger partial charge in [-0.05, 0) is 12.3 Å². The number of carboxylic acid groups (broad SMARTS) is 1. The smallest absolute Gasteiger partial charge is 0.313 e. The highest BCUT2D eigenvalue weighted by atomic mass is 32.2. The molecule has 1 aliphatic rings. The molecular formula is C9H12O2S. The third-order valence-electron chi connectivity index (χ3n) is 1.63.